The zero-order chi connectivity index (χ0) is 22.1. The highest BCUT2D eigenvalue weighted by atomic mass is 79.9. The van der Waals surface area contributed by atoms with Crippen LogP contribution in [0.4, 0.5) is 0 Å². The van der Waals surface area contributed by atoms with E-state index in [9.17, 15) is 9.59 Å². The van der Waals surface area contributed by atoms with Gasteiger partial charge in [0.15, 0.2) is 5.78 Å². The predicted molar refractivity (Wildman–Crippen MR) is 121 cm³/mol. The van der Waals surface area contributed by atoms with Crippen LogP contribution in [-0.2, 0) is 14.3 Å². The van der Waals surface area contributed by atoms with Crippen molar-refractivity contribution in [3.63, 3.8) is 0 Å². The summed E-state index contributed by atoms with van der Waals surface area (Å²) in [7, 11) is 1.61. The van der Waals surface area contributed by atoms with Crippen LogP contribution < -0.4 is 4.74 Å². The van der Waals surface area contributed by atoms with E-state index in [1.165, 1.54) is 0 Å². The largest absolute Gasteiger partial charge is 0.496 e. The average molecular weight is 476 g/mol. The number of nitrogens with zero attached hydrogens (tertiary/aromatic N) is 1. The fourth-order valence-corrected chi connectivity index (χ4v) is 4.95. The Morgan fingerprint density at radius 2 is 2.03 bits per heavy atom. The van der Waals surface area contributed by atoms with Crippen molar-refractivity contribution < 1.29 is 19.1 Å². The third kappa shape index (κ3) is 4.53. The van der Waals surface area contributed by atoms with Gasteiger partial charge in [0.2, 0.25) is 0 Å². The molecule has 0 saturated heterocycles. The first-order valence-electron chi connectivity index (χ1n) is 10.5. The lowest BCUT2D eigenvalue weighted by molar-refractivity contribution is -0.146. The van der Waals surface area contributed by atoms with Crippen molar-refractivity contribution in [2.24, 2.45) is 16.3 Å². The minimum atomic E-state index is -0.605. The normalized spacial score (nSPS) is 23.0. The number of halogens is 1. The predicted octanol–water partition coefficient (Wildman–Crippen LogP) is 5.62. The molecule has 30 heavy (non-hydrogen) atoms. The number of ether oxygens (including phenoxy) is 2. The van der Waals surface area contributed by atoms with Crippen molar-refractivity contribution in [2.45, 2.75) is 59.3 Å². The van der Waals surface area contributed by atoms with Gasteiger partial charge in [0.1, 0.15) is 11.7 Å². The van der Waals surface area contributed by atoms with Gasteiger partial charge in [0.05, 0.1) is 18.2 Å². The molecule has 1 aromatic carbocycles. The van der Waals surface area contributed by atoms with Gasteiger partial charge in [0, 0.05) is 29.3 Å². The van der Waals surface area contributed by atoms with Crippen molar-refractivity contribution in [1.29, 1.82) is 0 Å². The summed E-state index contributed by atoms with van der Waals surface area (Å²) in [6.07, 6.45) is 2.93. The SMILES string of the molecule is CCCCOC(=O)C1C(C)=NC2=C(C(=O)CC(C)(C)C2)[C@@H]1c1ccc(OC)c(Br)c1. The van der Waals surface area contributed by atoms with E-state index in [2.05, 4.69) is 36.7 Å². The van der Waals surface area contributed by atoms with Crippen molar-refractivity contribution >= 4 is 33.4 Å². The third-order valence-corrected chi connectivity index (χ3v) is 6.45. The molecule has 0 amide bonds. The Balaban J connectivity index is 2.10. The van der Waals surface area contributed by atoms with Crippen LogP contribution in [0.5, 0.6) is 5.75 Å². The van der Waals surface area contributed by atoms with Crippen LogP contribution in [0.25, 0.3) is 0 Å². The molecular formula is C24H30BrNO4. The second-order valence-electron chi connectivity index (χ2n) is 8.92. The molecular weight excluding hydrogens is 446 g/mol. The Labute approximate surface area is 187 Å². The summed E-state index contributed by atoms with van der Waals surface area (Å²) >= 11 is 3.55. The maximum absolute atomic E-state index is 13.3. The van der Waals surface area contributed by atoms with E-state index in [1.807, 2.05) is 25.1 Å². The lowest BCUT2D eigenvalue weighted by Gasteiger charge is -2.39. The molecule has 1 heterocycles. The molecule has 2 aliphatic rings. The summed E-state index contributed by atoms with van der Waals surface area (Å²) in [6.45, 7) is 8.48. The highest BCUT2D eigenvalue weighted by Gasteiger charge is 2.46. The summed E-state index contributed by atoms with van der Waals surface area (Å²) in [5, 5.41) is 0. The van der Waals surface area contributed by atoms with Crippen LogP contribution in [0.1, 0.15) is 64.9 Å². The molecule has 3 rings (SSSR count). The molecule has 1 unspecified atom stereocenters. The highest BCUT2D eigenvalue weighted by molar-refractivity contribution is 9.10. The molecule has 0 spiro atoms. The quantitative estimate of drug-likeness (QED) is 0.395. The fourth-order valence-electron chi connectivity index (χ4n) is 4.39. The standard InChI is InChI=1S/C24H30BrNO4/c1-6-7-10-30-23(28)20-14(2)26-17-12-24(3,4)13-18(27)22(17)21(20)15-8-9-19(29-5)16(25)11-15/h8-9,11,20-21H,6-7,10,12-13H2,1-5H3/t20?,21-/m1/s1. The Morgan fingerprint density at radius 1 is 1.30 bits per heavy atom. The molecule has 5 nitrogen and oxygen atoms in total. The Morgan fingerprint density at radius 3 is 2.67 bits per heavy atom. The smallest absolute Gasteiger partial charge is 0.315 e. The second-order valence-corrected chi connectivity index (χ2v) is 9.78. The second kappa shape index (κ2) is 9.04. The summed E-state index contributed by atoms with van der Waals surface area (Å²) in [4.78, 5) is 31.1. The lowest BCUT2D eigenvalue weighted by Crippen LogP contribution is -2.39. The molecule has 1 aliphatic heterocycles. The van der Waals surface area contributed by atoms with Gasteiger partial charge in [-0.05, 0) is 58.8 Å². The number of hydrogen-bond acceptors (Lipinski definition) is 5. The van der Waals surface area contributed by atoms with Gasteiger partial charge >= 0.3 is 5.97 Å². The number of carbonyl (C=O) groups excluding carboxylic acids is 2. The zero-order valence-corrected chi connectivity index (χ0v) is 20.0. The minimum absolute atomic E-state index is 0.0702. The minimum Gasteiger partial charge on any atom is -0.496 e. The fraction of sp³-hybridized carbons (Fsp3) is 0.542. The first-order valence-corrected chi connectivity index (χ1v) is 11.3. The molecule has 0 N–H and O–H groups in total. The lowest BCUT2D eigenvalue weighted by atomic mass is 9.67. The number of Topliss-reactive ketones (excluding diaryl/α,β-unsaturated/α-hetero) is 1. The van der Waals surface area contributed by atoms with Crippen LogP contribution in [-0.4, -0.2) is 31.2 Å². The maximum Gasteiger partial charge on any atom is 0.315 e. The molecule has 0 radical (unpaired) electrons. The molecule has 162 valence electrons. The maximum atomic E-state index is 13.3. The number of benzene rings is 1. The van der Waals surface area contributed by atoms with E-state index in [-0.39, 0.29) is 17.2 Å². The average Bonchev–Trinajstić information content (AvgIpc) is 2.65. The van der Waals surface area contributed by atoms with E-state index in [4.69, 9.17) is 14.5 Å². The number of aliphatic imine (C=N–C) groups is 1. The van der Waals surface area contributed by atoms with E-state index in [0.717, 1.165) is 35.0 Å². The van der Waals surface area contributed by atoms with Gasteiger partial charge in [-0.25, -0.2) is 0 Å². The molecule has 0 fully saturated rings. The monoisotopic (exact) mass is 475 g/mol. The number of rotatable bonds is 6. The number of esters is 1. The van der Waals surface area contributed by atoms with Crippen molar-refractivity contribution in [2.75, 3.05) is 13.7 Å². The topological polar surface area (TPSA) is 65.0 Å². The molecule has 0 bridgehead atoms. The summed E-state index contributed by atoms with van der Waals surface area (Å²) in [6, 6.07) is 5.72. The van der Waals surface area contributed by atoms with E-state index < -0.39 is 11.8 Å². The summed E-state index contributed by atoms with van der Waals surface area (Å²) < 4.78 is 11.7. The van der Waals surface area contributed by atoms with Crippen LogP contribution in [0.2, 0.25) is 0 Å². The molecule has 1 aromatic rings. The van der Waals surface area contributed by atoms with Gasteiger partial charge in [-0.2, -0.15) is 0 Å². The van der Waals surface area contributed by atoms with Crippen LogP contribution >= 0.6 is 15.9 Å². The summed E-state index contributed by atoms with van der Waals surface area (Å²) in [5.74, 6) is -0.553. The Bertz CT molecular complexity index is 916. The van der Waals surface area contributed by atoms with Crippen LogP contribution in [0.3, 0.4) is 0 Å². The Hall–Kier alpha value is -1.95. The molecule has 0 saturated carbocycles. The number of hydrogen-bond donors (Lipinski definition) is 0. The number of ketones is 1. The number of methoxy groups -OCH3 is 1. The summed E-state index contributed by atoms with van der Waals surface area (Å²) in [5.41, 5.74) is 2.92. The van der Waals surface area contributed by atoms with Crippen LogP contribution in [0, 0.1) is 11.3 Å². The Kier molecular flexibility index (Phi) is 6.85. The molecule has 1 aliphatic carbocycles. The van der Waals surface area contributed by atoms with Gasteiger partial charge in [-0.1, -0.05) is 33.3 Å². The first kappa shape index (κ1) is 22.7. The van der Waals surface area contributed by atoms with Crippen LogP contribution in [0.15, 0.2) is 38.9 Å². The molecule has 0 aromatic heterocycles. The zero-order valence-electron chi connectivity index (χ0n) is 18.4. The number of allylic oxidation sites excluding steroid dienone is 2. The van der Waals surface area contributed by atoms with E-state index >= 15 is 0 Å². The van der Waals surface area contributed by atoms with Gasteiger partial charge in [-0.15, -0.1) is 0 Å². The highest BCUT2D eigenvalue weighted by Crippen LogP contribution is 2.48. The van der Waals surface area contributed by atoms with E-state index in [0.29, 0.717) is 30.1 Å². The third-order valence-electron chi connectivity index (χ3n) is 5.83. The molecule has 6 heteroatoms. The first-order chi connectivity index (χ1) is 14.2. The number of unbranched alkanes of at least 4 members (excludes halogenated alkanes) is 1. The number of carbonyl (C=O) groups is 2. The van der Waals surface area contributed by atoms with Gasteiger partial charge < -0.3 is 9.47 Å². The van der Waals surface area contributed by atoms with Gasteiger partial charge in [-0.3, -0.25) is 14.6 Å². The van der Waals surface area contributed by atoms with Crippen molar-refractivity contribution in [3.05, 3.63) is 39.5 Å². The van der Waals surface area contributed by atoms with Gasteiger partial charge in [0.25, 0.3) is 0 Å². The van der Waals surface area contributed by atoms with Crippen molar-refractivity contribution in [3.8, 4) is 5.75 Å². The van der Waals surface area contributed by atoms with E-state index in [1.54, 1.807) is 7.11 Å². The molecule has 2 atom stereocenters. The van der Waals surface area contributed by atoms with Crippen molar-refractivity contribution in [1.82, 2.24) is 0 Å².